The maximum absolute atomic E-state index is 11.0. The monoisotopic (exact) mass is 418 g/mol. The van der Waals surface area contributed by atoms with Crippen LogP contribution in [0.2, 0.25) is 0 Å². The summed E-state index contributed by atoms with van der Waals surface area (Å²) in [6.07, 6.45) is 21.3. The zero-order valence-electron chi connectivity index (χ0n) is 18.7. The molecule has 2 N–H and O–H groups in total. The average Bonchev–Trinajstić information content (AvgIpc) is 2.72. The Labute approximate surface area is 183 Å². The van der Waals surface area contributed by atoms with Crippen molar-refractivity contribution in [3.05, 3.63) is 35.4 Å². The summed E-state index contributed by atoms with van der Waals surface area (Å²) in [5, 5.41) is 17.6. The summed E-state index contributed by atoms with van der Waals surface area (Å²) in [6.45, 7) is 0. The van der Waals surface area contributed by atoms with E-state index in [1.807, 2.05) is 12.1 Å². The van der Waals surface area contributed by atoms with E-state index in [2.05, 4.69) is 0 Å². The third-order valence-corrected chi connectivity index (χ3v) is 5.78. The minimum Gasteiger partial charge on any atom is -0.481 e. The van der Waals surface area contributed by atoms with E-state index in [1.54, 1.807) is 12.1 Å². The van der Waals surface area contributed by atoms with Gasteiger partial charge in [0, 0.05) is 6.42 Å². The Balaban J connectivity index is 1.79. The zero-order valence-corrected chi connectivity index (χ0v) is 18.7. The molecule has 0 aromatic heterocycles. The first-order valence-corrected chi connectivity index (χ1v) is 12.1. The highest BCUT2D eigenvalue weighted by atomic mass is 16.4. The van der Waals surface area contributed by atoms with Gasteiger partial charge in [-0.1, -0.05) is 102 Å². The molecule has 0 unspecified atom stereocenters. The summed E-state index contributed by atoms with van der Waals surface area (Å²) in [7, 11) is 0. The van der Waals surface area contributed by atoms with Crippen LogP contribution in [0.5, 0.6) is 0 Å². The van der Waals surface area contributed by atoms with Crippen LogP contribution in [-0.2, 0) is 11.2 Å². The molecule has 0 atom stereocenters. The maximum atomic E-state index is 11.0. The third kappa shape index (κ3) is 15.1. The topological polar surface area (TPSA) is 74.6 Å². The molecule has 0 saturated heterocycles. The van der Waals surface area contributed by atoms with Crippen molar-refractivity contribution in [2.24, 2.45) is 0 Å². The molecule has 0 aliphatic carbocycles. The summed E-state index contributed by atoms with van der Waals surface area (Å²) >= 11 is 0. The number of hydrogen-bond donors (Lipinski definition) is 2. The molecule has 0 bridgehead atoms. The van der Waals surface area contributed by atoms with Crippen molar-refractivity contribution in [1.29, 1.82) is 0 Å². The molecule has 0 aliphatic rings. The lowest BCUT2D eigenvalue weighted by Gasteiger charge is -2.04. The molecule has 30 heavy (non-hydrogen) atoms. The fourth-order valence-corrected chi connectivity index (χ4v) is 3.94. The fraction of sp³-hybridized carbons (Fsp3) is 0.692. The van der Waals surface area contributed by atoms with Crippen LogP contribution in [0.3, 0.4) is 0 Å². The van der Waals surface area contributed by atoms with Crippen molar-refractivity contribution < 1.29 is 19.8 Å². The Hall–Kier alpha value is -1.84. The second-order valence-corrected chi connectivity index (χ2v) is 8.56. The molecule has 0 amide bonds. The predicted octanol–water partition coefficient (Wildman–Crippen LogP) is 7.64. The molecule has 0 fully saturated rings. The van der Waals surface area contributed by atoms with Gasteiger partial charge in [-0.15, -0.1) is 0 Å². The minimum atomic E-state index is -0.846. The van der Waals surface area contributed by atoms with Crippen LogP contribution in [0.1, 0.15) is 125 Å². The van der Waals surface area contributed by atoms with E-state index in [0.717, 1.165) is 31.2 Å². The van der Waals surface area contributed by atoms with E-state index in [4.69, 9.17) is 10.2 Å². The quantitative estimate of drug-likeness (QED) is 0.213. The number of carbonyl (C=O) groups is 2. The number of aryl methyl sites for hydroxylation is 1. The summed E-state index contributed by atoms with van der Waals surface area (Å²) in [4.78, 5) is 21.4. The molecule has 0 aliphatic heterocycles. The van der Waals surface area contributed by atoms with Gasteiger partial charge in [0.1, 0.15) is 0 Å². The maximum Gasteiger partial charge on any atom is 0.335 e. The molecule has 0 radical (unpaired) electrons. The highest BCUT2D eigenvalue weighted by Gasteiger charge is 2.03. The molecule has 4 heteroatoms. The number of aromatic carboxylic acids is 1. The van der Waals surface area contributed by atoms with Crippen molar-refractivity contribution in [1.82, 2.24) is 0 Å². The molecule has 4 nitrogen and oxygen atoms in total. The van der Waals surface area contributed by atoms with Gasteiger partial charge in [0.25, 0.3) is 0 Å². The highest BCUT2D eigenvalue weighted by molar-refractivity contribution is 5.87. The van der Waals surface area contributed by atoms with Crippen molar-refractivity contribution in [2.45, 2.75) is 116 Å². The van der Waals surface area contributed by atoms with Crippen LogP contribution in [0, 0.1) is 0 Å². The summed E-state index contributed by atoms with van der Waals surface area (Å²) in [5.74, 6) is -1.52. The second-order valence-electron chi connectivity index (χ2n) is 8.56. The van der Waals surface area contributed by atoms with E-state index in [-0.39, 0.29) is 0 Å². The van der Waals surface area contributed by atoms with Crippen molar-refractivity contribution in [2.75, 3.05) is 0 Å². The Kier molecular flexibility index (Phi) is 15.7. The zero-order chi connectivity index (χ0) is 21.9. The van der Waals surface area contributed by atoms with Crippen LogP contribution in [-0.4, -0.2) is 22.2 Å². The van der Waals surface area contributed by atoms with Gasteiger partial charge in [-0.25, -0.2) is 4.79 Å². The molecule has 170 valence electrons. The van der Waals surface area contributed by atoms with E-state index < -0.39 is 11.9 Å². The fourth-order valence-electron chi connectivity index (χ4n) is 3.94. The van der Waals surface area contributed by atoms with Gasteiger partial charge in [0.15, 0.2) is 0 Å². The first-order chi connectivity index (χ1) is 14.6. The van der Waals surface area contributed by atoms with Gasteiger partial charge in [-0.3, -0.25) is 4.79 Å². The van der Waals surface area contributed by atoms with E-state index in [0.29, 0.717) is 12.0 Å². The lowest BCUT2D eigenvalue weighted by atomic mass is 10.0. The molecule has 0 saturated carbocycles. The van der Waals surface area contributed by atoms with Gasteiger partial charge in [0.2, 0.25) is 0 Å². The molecular formula is C26H42O4. The first-order valence-electron chi connectivity index (χ1n) is 12.1. The number of carboxylic acid groups (broad SMARTS) is 2. The van der Waals surface area contributed by atoms with E-state index >= 15 is 0 Å². The lowest BCUT2D eigenvalue weighted by molar-refractivity contribution is -0.137. The molecule has 0 heterocycles. The second kappa shape index (κ2) is 18.0. The molecule has 1 rings (SSSR count). The molecular weight excluding hydrogens is 376 g/mol. The van der Waals surface area contributed by atoms with Gasteiger partial charge >= 0.3 is 11.9 Å². The normalized spacial score (nSPS) is 10.9. The Morgan fingerprint density at radius 3 is 1.47 bits per heavy atom. The minimum absolute atomic E-state index is 0.322. The smallest absolute Gasteiger partial charge is 0.335 e. The SMILES string of the molecule is O=C(O)CCCCCCCCCCCCCCCCCCc1cccc(C(=O)O)c1. The van der Waals surface area contributed by atoms with Gasteiger partial charge in [-0.05, 0) is 37.0 Å². The van der Waals surface area contributed by atoms with E-state index in [9.17, 15) is 9.59 Å². The summed E-state index contributed by atoms with van der Waals surface area (Å²) in [5.41, 5.74) is 1.52. The number of hydrogen-bond acceptors (Lipinski definition) is 2. The number of benzene rings is 1. The molecule has 1 aromatic rings. The number of aliphatic carboxylic acids is 1. The van der Waals surface area contributed by atoms with Crippen LogP contribution >= 0.6 is 0 Å². The number of carboxylic acids is 2. The number of unbranched alkanes of at least 4 members (excludes halogenated alkanes) is 15. The Morgan fingerprint density at radius 1 is 0.600 bits per heavy atom. The van der Waals surface area contributed by atoms with Gasteiger partial charge in [-0.2, -0.15) is 0 Å². The molecule has 1 aromatic carbocycles. The lowest BCUT2D eigenvalue weighted by Crippen LogP contribution is -1.97. The Morgan fingerprint density at radius 2 is 1.03 bits per heavy atom. The average molecular weight is 419 g/mol. The Bertz CT molecular complexity index is 582. The number of rotatable bonds is 20. The van der Waals surface area contributed by atoms with Crippen molar-refractivity contribution in [3.63, 3.8) is 0 Å². The first kappa shape index (κ1) is 26.2. The van der Waals surface area contributed by atoms with E-state index in [1.165, 1.54) is 83.5 Å². The standard InChI is InChI=1S/C26H42O4/c27-25(28)21-16-14-12-10-8-6-4-2-1-3-5-7-9-11-13-15-18-23-19-17-20-24(22-23)26(29)30/h17,19-20,22H,1-16,18,21H2,(H,27,28)(H,29,30). The van der Waals surface area contributed by atoms with Crippen LogP contribution < -0.4 is 0 Å². The summed E-state index contributed by atoms with van der Waals surface area (Å²) < 4.78 is 0. The van der Waals surface area contributed by atoms with Crippen LogP contribution in [0.4, 0.5) is 0 Å². The van der Waals surface area contributed by atoms with Crippen molar-refractivity contribution >= 4 is 11.9 Å². The van der Waals surface area contributed by atoms with Crippen molar-refractivity contribution in [3.8, 4) is 0 Å². The van der Waals surface area contributed by atoms with Crippen LogP contribution in [0.25, 0.3) is 0 Å². The van der Waals surface area contributed by atoms with Crippen LogP contribution in [0.15, 0.2) is 24.3 Å². The van der Waals surface area contributed by atoms with Gasteiger partial charge in [0.05, 0.1) is 5.56 Å². The highest BCUT2D eigenvalue weighted by Crippen LogP contribution is 2.15. The summed E-state index contributed by atoms with van der Waals surface area (Å²) in [6, 6.07) is 7.31. The molecule has 0 spiro atoms. The van der Waals surface area contributed by atoms with Gasteiger partial charge < -0.3 is 10.2 Å². The third-order valence-electron chi connectivity index (χ3n) is 5.78. The largest absolute Gasteiger partial charge is 0.481 e. The predicted molar refractivity (Wildman–Crippen MR) is 123 cm³/mol.